The van der Waals surface area contributed by atoms with Gasteiger partial charge in [0, 0.05) is 13.1 Å². The van der Waals surface area contributed by atoms with Gasteiger partial charge in [-0.05, 0) is 32.2 Å². The van der Waals surface area contributed by atoms with E-state index in [-0.39, 0.29) is 6.04 Å². The van der Waals surface area contributed by atoms with Gasteiger partial charge in [0.25, 0.3) is 0 Å². The van der Waals surface area contributed by atoms with E-state index in [1.165, 1.54) is 12.8 Å². The summed E-state index contributed by atoms with van der Waals surface area (Å²) >= 11 is 0. The summed E-state index contributed by atoms with van der Waals surface area (Å²) in [5.74, 6) is 0.338. The van der Waals surface area contributed by atoms with Gasteiger partial charge in [-0.25, -0.2) is 0 Å². The highest BCUT2D eigenvalue weighted by atomic mass is 16.2. The summed E-state index contributed by atoms with van der Waals surface area (Å²) in [6, 6.07) is 0.142. The number of hydrogen-bond donors (Lipinski definition) is 1. The van der Waals surface area contributed by atoms with Crippen LogP contribution in [0.5, 0.6) is 0 Å². The van der Waals surface area contributed by atoms with Crippen molar-refractivity contribution in [3.8, 4) is 0 Å². The number of amides is 1. The fourth-order valence-corrected chi connectivity index (χ4v) is 2.05. The molecule has 12 heavy (non-hydrogen) atoms. The molecule has 3 heteroatoms. The van der Waals surface area contributed by atoms with Crippen LogP contribution < -0.4 is 5.32 Å². The highest BCUT2D eigenvalue weighted by Gasteiger charge is 2.27. The lowest BCUT2D eigenvalue weighted by Crippen LogP contribution is -2.42. The fraction of sp³-hybridized carbons (Fsp3) is 0.889. The van der Waals surface area contributed by atoms with E-state index in [0.717, 1.165) is 32.5 Å². The highest BCUT2D eigenvalue weighted by Crippen LogP contribution is 2.13. The summed E-state index contributed by atoms with van der Waals surface area (Å²) in [6.45, 7) is 2.98. The first kappa shape index (κ1) is 8.05. The minimum Gasteiger partial charge on any atom is -0.341 e. The van der Waals surface area contributed by atoms with Gasteiger partial charge in [-0.2, -0.15) is 0 Å². The lowest BCUT2D eigenvalue weighted by molar-refractivity contribution is -0.131. The van der Waals surface area contributed by atoms with E-state index in [9.17, 15) is 4.79 Å². The molecule has 0 aromatic carbocycles. The Morgan fingerprint density at radius 3 is 2.58 bits per heavy atom. The summed E-state index contributed by atoms with van der Waals surface area (Å²) in [4.78, 5) is 13.7. The van der Waals surface area contributed by atoms with Gasteiger partial charge >= 0.3 is 0 Å². The first-order valence-electron chi connectivity index (χ1n) is 4.90. The molecule has 0 radical (unpaired) electrons. The van der Waals surface area contributed by atoms with Crippen LogP contribution in [0.25, 0.3) is 0 Å². The average molecular weight is 168 g/mol. The third kappa shape index (κ3) is 1.46. The normalized spacial score (nSPS) is 29.7. The summed E-state index contributed by atoms with van der Waals surface area (Å²) in [5, 5.41) is 3.24. The van der Waals surface area contributed by atoms with E-state index < -0.39 is 0 Å². The third-order valence-corrected chi connectivity index (χ3v) is 2.78. The van der Waals surface area contributed by atoms with Crippen LogP contribution in [0, 0.1) is 0 Å². The molecule has 2 rings (SSSR count). The van der Waals surface area contributed by atoms with Crippen molar-refractivity contribution in [3.05, 3.63) is 0 Å². The van der Waals surface area contributed by atoms with Crippen LogP contribution in [0.1, 0.15) is 25.7 Å². The Kier molecular flexibility index (Phi) is 2.30. The van der Waals surface area contributed by atoms with Gasteiger partial charge in [-0.3, -0.25) is 4.79 Å². The van der Waals surface area contributed by atoms with Crippen LogP contribution >= 0.6 is 0 Å². The maximum atomic E-state index is 11.7. The number of carbonyl (C=O) groups excluding carboxylic acids is 1. The molecule has 2 saturated heterocycles. The Hall–Kier alpha value is -0.570. The van der Waals surface area contributed by atoms with Crippen molar-refractivity contribution in [3.63, 3.8) is 0 Å². The van der Waals surface area contributed by atoms with E-state index >= 15 is 0 Å². The van der Waals surface area contributed by atoms with Crippen LogP contribution in [0.15, 0.2) is 0 Å². The number of hydrogen-bond acceptors (Lipinski definition) is 2. The van der Waals surface area contributed by atoms with Gasteiger partial charge in [-0.1, -0.05) is 0 Å². The van der Waals surface area contributed by atoms with Crippen LogP contribution in [0.4, 0.5) is 0 Å². The van der Waals surface area contributed by atoms with E-state index in [1.807, 2.05) is 4.90 Å². The summed E-state index contributed by atoms with van der Waals surface area (Å²) in [7, 11) is 0. The smallest absolute Gasteiger partial charge is 0.239 e. The molecule has 2 fully saturated rings. The van der Waals surface area contributed by atoms with Gasteiger partial charge in [0.1, 0.15) is 0 Å². The van der Waals surface area contributed by atoms with E-state index in [2.05, 4.69) is 5.32 Å². The first-order valence-corrected chi connectivity index (χ1v) is 4.90. The summed E-state index contributed by atoms with van der Waals surface area (Å²) < 4.78 is 0. The highest BCUT2D eigenvalue weighted by molar-refractivity contribution is 5.82. The predicted molar refractivity (Wildman–Crippen MR) is 46.8 cm³/mol. The predicted octanol–water partition coefficient (Wildman–Crippen LogP) is 0.361. The molecule has 0 spiro atoms. The van der Waals surface area contributed by atoms with Crippen LogP contribution in [0.3, 0.4) is 0 Å². The Morgan fingerprint density at radius 2 is 2.00 bits per heavy atom. The molecule has 1 amide bonds. The van der Waals surface area contributed by atoms with Gasteiger partial charge in [-0.15, -0.1) is 0 Å². The zero-order valence-electron chi connectivity index (χ0n) is 7.38. The van der Waals surface area contributed by atoms with Crippen molar-refractivity contribution in [2.45, 2.75) is 31.7 Å². The molecule has 0 aromatic rings. The van der Waals surface area contributed by atoms with E-state index in [4.69, 9.17) is 0 Å². The second-order valence-corrected chi connectivity index (χ2v) is 3.68. The molecule has 1 atom stereocenters. The number of nitrogens with one attached hydrogen (secondary N) is 1. The third-order valence-electron chi connectivity index (χ3n) is 2.78. The first-order chi connectivity index (χ1) is 5.88. The second kappa shape index (κ2) is 3.44. The minimum absolute atomic E-state index is 0.142. The number of nitrogens with zero attached hydrogens (tertiary/aromatic N) is 1. The van der Waals surface area contributed by atoms with Gasteiger partial charge < -0.3 is 10.2 Å². The quantitative estimate of drug-likeness (QED) is 0.613. The molecule has 1 N–H and O–H groups in total. The lowest BCUT2D eigenvalue weighted by Gasteiger charge is -2.19. The standard InChI is InChI=1S/C9H16N2O/c12-9(8-4-3-5-10-8)11-6-1-2-7-11/h8,10H,1-7H2/t8-/m0/s1. The minimum atomic E-state index is 0.142. The molecule has 2 heterocycles. The SMILES string of the molecule is O=C([C@@H]1CCCN1)N1CCCC1. The second-order valence-electron chi connectivity index (χ2n) is 3.68. The lowest BCUT2D eigenvalue weighted by atomic mass is 10.2. The molecule has 0 unspecified atom stereocenters. The van der Waals surface area contributed by atoms with Crippen molar-refractivity contribution in [1.82, 2.24) is 10.2 Å². The Balaban J connectivity index is 1.89. The molecule has 2 aliphatic heterocycles. The van der Waals surface area contributed by atoms with Crippen molar-refractivity contribution in [2.75, 3.05) is 19.6 Å². The summed E-state index contributed by atoms with van der Waals surface area (Å²) in [5.41, 5.74) is 0. The van der Waals surface area contributed by atoms with Crippen molar-refractivity contribution in [1.29, 1.82) is 0 Å². The molecule has 0 aliphatic carbocycles. The Bertz CT molecular complexity index is 151. The molecular formula is C9H16N2O. The maximum absolute atomic E-state index is 11.7. The van der Waals surface area contributed by atoms with Gasteiger partial charge in [0.15, 0.2) is 0 Å². The maximum Gasteiger partial charge on any atom is 0.239 e. The molecule has 0 saturated carbocycles. The fourth-order valence-electron chi connectivity index (χ4n) is 2.05. The monoisotopic (exact) mass is 168 g/mol. The van der Waals surface area contributed by atoms with Crippen molar-refractivity contribution in [2.24, 2.45) is 0 Å². The number of likely N-dealkylation sites (tertiary alicyclic amines) is 1. The molecule has 0 aromatic heterocycles. The molecule has 3 nitrogen and oxygen atoms in total. The van der Waals surface area contributed by atoms with Gasteiger partial charge in [0.2, 0.25) is 5.91 Å². The largest absolute Gasteiger partial charge is 0.341 e. The van der Waals surface area contributed by atoms with Crippen molar-refractivity contribution >= 4 is 5.91 Å². The van der Waals surface area contributed by atoms with Crippen molar-refractivity contribution < 1.29 is 4.79 Å². The number of carbonyl (C=O) groups is 1. The average Bonchev–Trinajstić information content (AvgIpc) is 2.77. The number of rotatable bonds is 1. The Morgan fingerprint density at radius 1 is 1.25 bits per heavy atom. The van der Waals surface area contributed by atoms with Crippen LogP contribution in [-0.4, -0.2) is 36.5 Å². The van der Waals surface area contributed by atoms with E-state index in [1.54, 1.807) is 0 Å². The molecular weight excluding hydrogens is 152 g/mol. The zero-order chi connectivity index (χ0) is 8.39. The molecule has 2 aliphatic rings. The van der Waals surface area contributed by atoms with Crippen LogP contribution in [-0.2, 0) is 4.79 Å². The van der Waals surface area contributed by atoms with Crippen LogP contribution in [0.2, 0.25) is 0 Å². The topological polar surface area (TPSA) is 32.3 Å². The Labute approximate surface area is 73.1 Å². The molecule has 0 bridgehead atoms. The molecule has 68 valence electrons. The van der Waals surface area contributed by atoms with Gasteiger partial charge in [0.05, 0.1) is 6.04 Å². The summed E-state index contributed by atoms with van der Waals surface area (Å²) in [6.07, 6.45) is 4.58. The van der Waals surface area contributed by atoms with E-state index in [0.29, 0.717) is 5.91 Å². The zero-order valence-corrected chi connectivity index (χ0v) is 7.38.